The number of amides is 3. The Morgan fingerprint density at radius 2 is 1.55 bits per heavy atom. The van der Waals surface area contributed by atoms with Crippen molar-refractivity contribution in [2.75, 3.05) is 18.4 Å². The average Bonchev–Trinajstić information content (AvgIpc) is 3.20. The second-order valence-electron chi connectivity index (χ2n) is 11.9. The summed E-state index contributed by atoms with van der Waals surface area (Å²) in [4.78, 5) is 61.8. The second-order valence-corrected chi connectivity index (χ2v) is 11.9. The molecular weight excluding hydrogens is 510 g/mol. The van der Waals surface area contributed by atoms with Crippen molar-refractivity contribution < 1.29 is 28.7 Å². The number of Topliss-reactive ketones (excluding diaryl/α,β-unsaturated/α-hetero) is 1. The van der Waals surface area contributed by atoms with Gasteiger partial charge in [0.1, 0.15) is 6.61 Å². The van der Waals surface area contributed by atoms with Crippen molar-refractivity contribution in [1.82, 2.24) is 10.2 Å². The van der Waals surface area contributed by atoms with Crippen LogP contribution in [-0.4, -0.2) is 53.5 Å². The zero-order valence-electron chi connectivity index (χ0n) is 24.7. The Kier molecular flexibility index (Phi) is 12.5. The minimum atomic E-state index is -0.545. The van der Waals surface area contributed by atoms with E-state index >= 15 is 0 Å². The first kappa shape index (κ1) is 32.7. The lowest BCUT2D eigenvalue weighted by molar-refractivity contribution is -0.154. The van der Waals surface area contributed by atoms with Gasteiger partial charge in [0.25, 0.3) is 11.8 Å². The molecule has 0 aliphatic carbocycles. The lowest BCUT2D eigenvalue weighted by Gasteiger charge is -2.23. The van der Waals surface area contributed by atoms with E-state index in [1.54, 1.807) is 0 Å². The van der Waals surface area contributed by atoms with E-state index in [2.05, 4.69) is 10.6 Å². The van der Waals surface area contributed by atoms with Crippen molar-refractivity contribution >= 4 is 35.2 Å². The number of ether oxygens (including phenoxy) is 1. The maximum atomic E-state index is 13.0. The SMILES string of the molecule is CC(C)[C@H](NC(=O)CCCCCN1C(=O)C=CC1=O)C(=O)C[C@@H](C)CNc1ccc(COC(=O)C(C)(C)C)cc1. The van der Waals surface area contributed by atoms with Gasteiger partial charge in [-0.1, -0.05) is 39.3 Å². The lowest BCUT2D eigenvalue weighted by atomic mass is 9.93. The minimum Gasteiger partial charge on any atom is -0.460 e. The van der Waals surface area contributed by atoms with E-state index in [-0.39, 0.29) is 47.9 Å². The van der Waals surface area contributed by atoms with E-state index in [0.717, 1.165) is 11.3 Å². The monoisotopic (exact) mass is 555 g/mol. The molecule has 0 spiro atoms. The molecule has 0 fully saturated rings. The molecule has 0 unspecified atom stereocenters. The predicted molar refractivity (Wildman–Crippen MR) is 154 cm³/mol. The molecule has 9 nitrogen and oxygen atoms in total. The van der Waals surface area contributed by atoms with Gasteiger partial charge in [0, 0.05) is 43.8 Å². The van der Waals surface area contributed by atoms with Gasteiger partial charge in [-0.25, -0.2) is 0 Å². The number of nitrogens with zero attached hydrogens (tertiary/aromatic N) is 1. The van der Waals surface area contributed by atoms with Crippen molar-refractivity contribution in [3.05, 3.63) is 42.0 Å². The van der Waals surface area contributed by atoms with Gasteiger partial charge in [-0.3, -0.25) is 28.9 Å². The van der Waals surface area contributed by atoms with Gasteiger partial charge >= 0.3 is 5.97 Å². The molecule has 0 radical (unpaired) electrons. The topological polar surface area (TPSA) is 122 Å². The number of imide groups is 1. The number of carbonyl (C=O) groups is 5. The number of nitrogens with one attached hydrogen (secondary N) is 2. The van der Waals surface area contributed by atoms with Crippen LogP contribution in [0.25, 0.3) is 0 Å². The second kappa shape index (κ2) is 15.3. The smallest absolute Gasteiger partial charge is 0.311 e. The van der Waals surface area contributed by atoms with E-state index in [1.807, 2.05) is 65.8 Å². The van der Waals surface area contributed by atoms with Crippen LogP contribution in [0, 0.1) is 17.3 Å². The molecule has 1 heterocycles. The summed E-state index contributed by atoms with van der Waals surface area (Å²) in [6.45, 7) is 12.5. The number of carbonyl (C=O) groups excluding carboxylic acids is 5. The predicted octanol–water partition coefficient (Wildman–Crippen LogP) is 4.41. The molecule has 1 aromatic carbocycles. The Hall–Kier alpha value is -3.49. The number of hydrogen-bond donors (Lipinski definition) is 2. The summed E-state index contributed by atoms with van der Waals surface area (Å²) in [5, 5.41) is 6.25. The number of unbranched alkanes of at least 4 members (excludes halogenated alkanes) is 2. The molecule has 220 valence electrons. The fourth-order valence-electron chi connectivity index (χ4n) is 4.17. The molecule has 40 heavy (non-hydrogen) atoms. The quantitative estimate of drug-likeness (QED) is 0.176. The highest BCUT2D eigenvalue weighted by Crippen LogP contribution is 2.18. The molecule has 0 saturated carbocycles. The first-order valence-corrected chi connectivity index (χ1v) is 14.1. The zero-order valence-corrected chi connectivity index (χ0v) is 24.7. The van der Waals surface area contributed by atoms with Crippen LogP contribution in [0.4, 0.5) is 5.69 Å². The molecular formula is C31H45N3O6. The van der Waals surface area contributed by atoms with Gasteiger partial charge in [0.15, 0.2) is 5.78 Å². The van der Waals surface area contributed by atoms with Gasteiger partial charge < -0.3 is 15.4 Å². The molecule has 0 saturated heterocycles. The van der Waals surface area contributed by atoms with E-state index in [9.17, 15) is 24.0 Å². The standard InChI is InChI=1S/C31H45N3O6/c1-21(2)29(33-26(36)10-8-7-9-17-34-27(37)15-16-28(34)38)25(35)18-22(3)19-32-24-13-11-23(12-14-24)20-40-30(39)31(4,5)6/h11-16,21-22,29,32H,7-10,17-20H2,1-6H3,(H,33,36)/t22-,29+/m1/s1. The molecule has 2 rings (SSSR count). The van der Waals surface area contributed by atoms with Crippen LogP contribution in [0.2, 0.25) is 0 Å². The number of hydrogen-bond acceptors (Lipinski definition) is 7. The van der Waals surface area contributed by atoms with Crippen LogP contribution in [0.5, 0.6) is 0 Å². The molecule has 0 aromatic heterocycles. The normalized spacial score (nSPS) is 14.8. The summed E-state index contributed by atoms with van der Waals surface area (Å²) in [6.07, 6.45) is 5.12. The van der Waals surface area contributed by atoms with Crippen LogP contribution < -0.4 is 10.6 Å². The highest BCUT2D eigenvalue weighted by Gasteiger charge is 2.26. The first-order chi connectivity index (χ1) is 18.8. The van der Waals surface area contributed by atoms with Gasteiger partial charge in [0.2, 0.25) is 5.91 Å². The van der Waals surface area contributed by atoms with E-state index in [1.165, 1.54) is 17.1 Å². The summed E-state index contributed by atoms with van der Waals surface area (Å²) < 4.78 is 5.35. The molecule has 1 aliphatic heterocycles. The number of anilines is 1. The summed E-state index contributed by atoms with van der Waals surface area (Å²) in [7, 11) is 0. The van der Waals surface area contributed by atoms with E-state index < -0.39 is 11.5 Å². The summed E-state index contributed by atoms with van der Waals surface area (Å²) in [5.41, 5.74) is 1.27. The maximum Gasteiger partial charge on any atom is 0.311 e. The molecule has 0 bridgehead atoms. The van der Waals surface area contributed by atoms with Crippen LogP contribution in [0.1, 0.15) is 79.2 Å². The lowest BCUT2D eigenvalue weighted by Crippen LogP contribution is -2.45. The van der Waals surface area contributed by atoms with Crippen molar-refractivity contribution in [2.24, 2.45) is 17.3 Å². The number of ketones is 1. The Morgan fingerprint density at radius 3 is 2.12 bits per heavy atom. The third-order valence-electron chi connectivity index (χ3n) is 6.66. The Labute approximate surface area is 238 Å². The Morgan fingerprint density at radius 1 is 0.925 bits per heavy atom. The molecule has 1 aliphatic rings. The van der Waals surface area contributed by atoms with E-state index in [4.69, 9.17) is 4.74 Å². The molecule has 1 aromatic rings. The minimum absolute atomic E-state index is 0.00669. The highest BCUT2D eigenvalue weighted by atomic mass is 16.5. The highest BCUT2D eigenvalue weighted by molar-refractivity contribution is 6.12. The third kappa shape index (κ3) is 10.9. The summed E-state index contributed by atoms with van der Waals surface area (Å²) in [6, 6.07) is 7.10. The van der Waals surface area contributed by atoms with Crippen molar-refractivity contribution in [1.29, 1.82) is 0 Å². The molecule has 2 N–H and O–H groups in total. The third-order valence-corrected chi connectivity index (χ3v) is 6.66. The fraction of sp³-hybridized carbons (Fsp3) is 0.581. The van der Waals surface area contributed by atoms with Crippen LogP contribution in [0.3, 0.4) is 0 Å². The van der Waals surface area contributed by atoms with Gasteiger partial charge in [0.05, 0.1) is 11.5 Å². The Balaban J connectivity index is 1.70. The average molecular weight is 556 g/mol. The molecule has 3 amide bonds. The zero-order chi connectivity index (χ0) is 29.9. The molecule has 9 heteroatoms. The largest absolute Gasteiger partial charge is 0.460 e. The number of esters is 1. The maximum absolute atomic E-state index is 13.0. The summed E-state index contributed by atoms with van der Waals surface area (Å²) >= 11 is 0. The van der Waals surface area contributed by atoms with Crippen molar-refractivity contribution in [3.8, 4) is 0 Å². The first-order valence-electron chi connectivity index (χ1n) is 14.1. The number of rotatable bonds is 16. The van der Waals surface area contributed by atoms with Crippen LogP contribution >= 0.6 is 0 Å². The van der Waals surface area contributed by atoms with Crippen molar-refractivity contribution in [3.63, 3.8) is 0 Å². The van der Waals surface area contributed by atoms with Gasteiger partial charge in [-0.2, -0.15) is 0 Å². The van der Waals surface area contributed by atoms with Gasteiger partial charge in [-0.05, 0) is 63.1 Å². The van der Waals surface area contributed by atoms with Crippen LogP contribution in [-0.2, 0) is 35.3 Å². The number of benzene rings is 1. The van der Waals surface area contributed by atoms with E-state index in [0.29, 0.717) is 45.2 Å². The van der Waals surface area contributed by atoms with Crippen LogP contribution in [0.15, 0.2) is 36.4 Å². The summed E-state index contributed by atoms with van der Waals surface area (Å²) in [5.74, 6) is -0.959. The van der Waals surface area contributed by atoms with Crippen molar-refractivity contribution in [2.45, 2.75) is 86.3 Å². The Bertz CT molecular complexity index is 1050. The fourth-order valence-corrected chi connectivity index (χ4v) is 4.17. The van der Waals surface area contributed by atoms with Gasteiger partial charge in [-0.15, -0.1) is 0 Å². The molecule has 2 atom stereocenters.